The smallest absolute Gasteiger partial charge is 0.186 e. The largest absolute Gasteiger partial charge is 0.463 e. The van der Waals surface area contributed by atoms with E-state index in [1.54, 1.807) is 37.7 Å². The predicted octanol–water partition coefficient (Wildman–Crippen LogP) is 3.21. The molecule has 28 heavy (non-hydrogen) atoms. The number of hydrogen-bond donors (Lipinski definition) is 2. The summed E-state index contributed by atoms with van der Waals surface area (Å²) in [7, 11) is 0. The number of Topliss-reactive ketones (excluding diaryl/α,β-unsaturated/α-hetero) is 1. The van der Waals surface area contributed by atoms with Gasteiger partial charge in [0.15, 0.2) is 22.9 Å². The van der Waals surface area contributed by atoms with Gasteiger partial charge in [-0.1, -0.05) is 11.3 Å². The van der Waals surface area contributed by atoms with E-state index in [1.165, 1.54) is 11.3 Å². The first-order valence-electron chi connectivity index (χ1n) is 9.01. The number of nitrogens with one attached hydrogen (secondary N) is 1. The summed E-state index contributed by atoms with van der Waals surface area (Å²) in [6.07, 6.45) is 5.00. The maximum Gasteiger partial charge on any atom is 0.186 e. The van der Waals surface area contributed by atoms with Crippen molar-refractivity contribution in [2.24, 2.45) is 5.92 Å². The van der Waals surface area contributed by atoms with E-state index in [-0.39, 0.29) is 11.7 Å². The molecule has 1 atom stereocenters. The minimum absolute atomic E-state index is 0.0356. The van der Waals surface area contributed by atoms with Crippen LogP contribution in [0.5, 0.6) is 0 Å². The molecule has 9 heteroatoms. The molecule has 0 radical (unpaired) electrons. The molecule has 0 saturated carbocycles. The minimum Gasteiger partial charge on any atom is -0.463 e. The minimum atomic E-state index is -1.04. The van der Waals surface area contributed by atoms with Gasteiger partial charge in [-0.2, -0.15) is 0 Å². The first-order chi connectivity index (χ1) is 13.6. The van der Waals surface area contributed by atoms with Crippen LogP contribution < -0.4 is 5.32 Å². The maximum absolute atomic E-state index is 13.1. The normalized spacial score (nSPS) is 16.1. The summed E-state index contributed by atoms with van der Waals surface area (Å²) in [5.41, 5.74) is 0.999. The van der Waals surface area contributed by atoms with Crippen molar-refractivity contribution in [1.82, 2.24) is 15.0 Å². The lowest BCUT2D eigenvalue weighted by molar-refractivity contribution is 0.0547. The number of ether oxygens (including phenoxy) is 1. The summed E-state index contributed by atoms with van der Waals surface area (Å²) in [4.78, 5) is 26.3. The number of aliphatic hydroxyl groups is 1. The second kappa shape index (κ2) is 8.17. The summed E-state index contributed by atoms with van der Waals surface area (Å²) >= 11 is 1.21. The molecule has 1 aliphatic rings. The van der Waals surface area contributed by atoms with Crippen molar-refractivity contribution in [3.8, 4) is 11.5 Å². The number of carbonyl (C=O) groups excluding carboxylic acids is 1. The van der Waals surface area contributed by atoms with Crippen LogP contribution in [0, 0.1) is 12.8 Å². The van der Waals surface area contributed by atoms with Gasteiger partial charge in [-0.25, -0.2) is 15.0 Å². The molecule has 0 amide bonds. The molecule has 3 aromatic rings. The number of aryl methyl sites for hydroxylation is 1. The van der Waals surface area contributed by atoms with Gasteiger partial charge in [0, 0.05) is 37.1 Å². The molecular formula is C19H20N4O4S. The number of nitrogens with zero attached hydrogens (tertiary/aromatic N) is 3. The number of hydrogen-bond acceptors (Lipinski definition) is 9. The second-order valence-corrected chi connectivity index (χ2v) is 7.53. The molecular weight excluding hydrogens is 380 g/mol. The fourth-order valence-electron chi connectivity index (χ4n) is 3.02. The Morgan fingerprint density at radius 3 is 2.75 bits per heavy atom. The number of thiazole rings is 1. The van der Waals surface area contributed by atoms with E-state index in [0.29, 0.717) is 58.9 Å². The van der Waals surface area contributed by atoms with E-state index in [0.717, 1.165) is 0 Å². The number of carbonyl (C=O) groups is 1. The van der Waals surface area contributed by atoms with Crippen LogP contribution >= 0.6 is 11.3 Å². The standard InChI is InChI=1S/C19H20N4O4S/c1-11-20-9-13(10-21-11)18(25)23-19-22-15(14-3-2-6-27-14)17(28-19)16(24)12-4-7-26-8-5-12/h2-3,6,9-10,12,18,25H,4-5,7-8H2,1H3,(H,22,23). The monoisotopic (exact) mass is 400 g/mol. The van der Waals surface area contributed by atoms with Gasteiger partial charge >= 0.3 is 0 Å². The van der Waals surface area contributed by atoms with Gasteiger partial charge in [0.05, 0.1) is 6.26 Å². The molecule has 1 fully saturated rings. The van der Waals surface area contributed by atoms with Gasteiger partial charge in [0.1, 0.15) is 16.4 Å². The highest BCUT2D eigenvalue weighted by Crippen LogP contribution is 2.36. The molecule has 0 spiro atoms. The van der Waals surface area contributed by atoms with Crippen molar-refractivity contribution in [1.29, 1.82) is 0 Å². The first-order valence-corrected chi connectivity index (χ1v) is 9.83. The Bertz CT molecular complexity index is 934. The van der Waals surface area contributed by atoms with E-state index < -0.39 is 6.23 Å². The third-order valence-electron chi connectivity index (χ3n) is 4.57. The molecule has 3 aromatic heterocycles. The SMILES string of the molecule is Cc1ncc(C(O)Nc2nc(-c3ccco3)c(C(=O)C3CCOCC3)s2)cn1. The Morgan fingerprint density at radius 2 is 2.07 bits per heavy atom. The van der Waals surface area contributed by atoms with Crippen molar-refractivity contribution in [3.63, 3.8) is 0 Å². The molecule has 0 aliphatic carbocycles. The quantitative estimate of drug-likeness (QED) is 0.479. The first kappa shape index (κ1) is 18.7. The number of aromatic nitrogens is 3. The fourth-order valence-corrected chi connectivity index (χ4v) is 4.03. The fraction of sp³-hybridized carbons (Fsp3) is 0.368. The molecule has 8 nitrogen and oxygen atoms in total. The van der Waals surface area contributed by atoms with Gasteiger partial charge in [-0.3, -0.25) is 4.79 Å². The lowest BCUT2D eigenvalue weighted by Gasteiger charge is -2.20. The number of ketones is 1. The van der Waals surface area contributed by atoms with Crippen molar-refractivity contribution in [3.05, 3.63) is 47.1 Å². The van der Waals surface area contributed by atoms with E-state index in [9.17, 15) is 9.90 Å². The highest BCUT2D eigenvalue weighted by molar-refractivity contribution is 7.18. The zero-order valence-corrected chi connectivity index (χ0v) is 16.1. The van der Waals surface area contributed by atoms with Crippen molar-refractivity contribution in [2.45, 2.75) is 26.0 Å². The summed E-state index contributed by atoms with van der Waals surface area (Å²) < 4.78 is 10.8. The number of furan rings is 1. The van der Waals surface area contributed by atoms with Gasteiger partial charge in [0.2, 0.25) is 0 Å². The van der Waals surface area contributed by atoms with E-state index in [1.807, 2.05) is 0 Å². The number of rotatable bonds is 6. The van der Waals surface area contributed by atoms with Crippen LogP contribution in [0.15, 0.2) is 35.2 Å². The van der Waals surface area contributed by atoms with Crippen LogP contribution in [-0.2, 0) is 4.74 Å². The summed E-state index contributed by atoms with van der Waals surface area (Å²) in [6.45, 7) is 2.94. The molecule has 1 saturated heterocycles. The summed E-state index contributed by atoms with van der Waals surface area (Å²) in [5, 5.41) is 13.8. The number of aliphatic hydroxyl groups excluding tert-OH is 1. The molecule has 0 aromatic carbocycles. The molecule has 1 unspecified atom stereocenters. The average Bonchev–Trinajstić information content (AvgIpc) is 3.38. The van der Waals surface area contributed by atoms with Gasteiger partial charge < -0.3 is 19.6 Å². The van der Waals surface area contributed by atoms with E-state index in [2.05, 4.69) is 20.3 Å². The summed E-state index contributed by atoms with van der Waals surface area (Å²) in [6, 6.07) is 3.52. The maximum atomic E-state index is 13.1. The zero-order valence-electron chi connectivity index (χ0n) is 15.3. The Balaban J connectivity index is 1.61. The van der Waals surface area contributed by atoms with Crippen molar-refractivity contribution in [2.75, 3.05) is 18.5 Å². The zero-order chi connectivity index (χ0) is 19.5. The second-order valence-electron chi connectivity index (χ2n) is 6.54. The van der Waals surface area contributed by atoms with Crippen LogP contribution in [0.3, 0.4) is 0 Å². The van der Waals surface area contributed by atoms with Crippen molar-refractivity contribution < 1.29 is 19.1 Å². The van der Waals surface area contributed by atoms with Gasteiger partial charge in [-0.05, 0) is 31.9 Å². The predicted molar refractivity (Wildman–Crippen MR) is 103 cm³/mol. The highest BCUT2D eigenvalue weighted by atomic mass is 32.1. The molecule has 4 heterocycles. The van der Waals surface area contributed by atoms with Crippen LogP contribution in [0.2, 0.25) is 0 Å². The van der Waals surface area contributed by atoms with Crippen molar-refractivity contribution >= 4 is 22.3 Å². The average molecular weight is 400 g/mol. The Hall–Kier alpha value is -2.62. The van der Waals surface area contributed by atoms with Crippen LogP contribution in [0.4, 0.5) is 5.13 Å². The van der Waals surface area contributed by atoms with Crippen LogP contribution in [0.25, 0.3) is 11.5 Å². The summed E-state index contributed by atoms with van der Waals surface area (Å²) in [5.74, 6) is 1.09. The third-order valence-corrected chi connectivity index (χ3v) is 5.58. The Labute approximate surface area is 165 Å². The third kappa shape index (κ3) is 3.96. The van der Waals surface area contributed by atoms with Gasteiger partial charge in [0.25, 0.3) is 0 Å². The van der Waals surface area contributed by atoms with E-state index in [4.69, 9.17) is 9.15 Å². The Kier molecular flexibility index (Phi) is 5.47. The Morgan fingerprint density at radius 1 is 1.32 bits per heavy atom. The lowest BCUT2D eigenvalue weighted by atomic mass is 9.94. The van der Waals surface area contributed by atoms with Gasteiger partial charge in [-0.15, -0.1) is 0 Å². The molecule has 2 N–H and O–H groups in total. The topological polar surface area (TPSA) is 110 Å². The number of anilines is 1. The van der Waals surface area contributed by atoms with E-state index >= 15 is 0 Å². The molecule has 0 bridgehead atoms. The van der Waals surface area contributed by atoms with Crippen LogP contribution in [-0.4, -0.2) is 39.1 Å². The molecule has 4 rings (SSSR count). The lowest BCUT2D eigenvalue weighted by Crippen LogP contribution is -2.23. The molecule has 146 valence electrons. The highest BCUT2D eigenvalue weighted by Gasteiger charge is 2.29. The molecule has 1 aliphatic heterocycles. The van der Waals surface area contributed by atoms with Crippen LogP contribution in [0.1, 0.15) is 40.1 Å².